The van der Waals surface area contributed by atoms with E-state index in [2.05, 4.69) is 59.6 Å². The van der Waals surface area contributed by atoms with E-state index in [1.165, 1.54) is 18.5 Å². The highest BCUT2D eigenvalue weighted by Gasteiger charge is 2.30. The molecule has 27 heavy (non-hydrogen) atoms. The normalized spacial score (nSPS) is 20.5. The van der Waals surface area contributed by atoms with Crippen molar-refractivity contribution < 1.29 is 9.53 Å². The Hall–Kier alpha value is -1.45. The van der Waals surface area contributed by atoms with Gasteiger partial charge in [-0.25, -0.2) is 4.79 Å². The van der Waals surface area contributed by atoms with Crippen LogP contribution in [0, 0.1) is 11.3 Å². The molecule has 0 saturated carbocycles. The van der Waals surface area contributed by atoms with Crippen LogP contribution in [0.4, 0.5) is 0 Å². The summed E-state index contributed by atoms with van der Waals surface area (Å²) < 4.78 is 5.57. The van der Waals surface area contributed by atoms with Crippen molar-refractivity contribution >= 4 is 5.97 Å². The molecule has 1 aliphatic rings. The summed E-state index contributed by atoms with van der Waals surface area (Å²) in [6.45, 7) is 13.7. The molecule has 4 heteroatoms. The number of rotatable bonds is 10. The van der Waals surface area contributed by atoms with Gasteiger partial charge in [0.2, 0.25) is 0 Å². The Morgan fingerprint density at radius 2 is 1.93 bits per heavy atom. The van der Waals surface area contributed by atoms with Crippen molar-refractivity contribution in [1.29, 1.82) is 0 Å². The molecule has 0 spiro atoms. The van der Waals surface area contributed by atoms with Crippen LogP contribution >= 0.6 is 0 Å². The number of hydrogen-bond donors (Lipinski definition) is 1. The van der Waals surface area contributed by atoms with Crippen LogP contribution < -0.4 is 5.73 Å². The number of hydrogen-bond acceptors (Lipinski definition) is 4. The first-order chi connectivity index (χ1) is 12.6. The minimum absolute atomic E-state index is 0.0825. The van der Waals surface area contributed by atoms with Gasteiger partial charge in [0.25, 0.3) is 0 Å². The first-order valence-corrected chi connectivity index (χ1v) is 10.7. The maximum absolute atomic E-state index is 12.6. The zero-order chi connectivity index (χ0) is 20.6. The monoisotopic (exact) mass is 378 g/mol. The number of carbonyl (C=O) groups excluding carboxylic acids is 1. The van der Waals surface area contributed by atoms with Gasteiger partial charge < -0.3 is 15.4 Å². The van der Waals surface area contributed by atoms with Crippen LogP contribution in [0.2, 0.25) is 0 Å². The Balaban J connectivity index is 2.93. The lowest BCUT2D eigenvalue weighted by molar-refractivity contribution is -0.140. The molecule has 0 amide bonds. The molecule has 0 aromatic carbocycles. The third-order valence-corrected chi connectivity index (χ3v) is 5.93. The van der Waals surface area contributed by atoms with Crippen molar-refractivity contribution in [2.45, 2.75) is 92.5 Å². The largest absolute Gasteiger partial charge is 0.461 e. The average molecular weight is 379 g/mol. The lowest BCUT2D eigenvalue weighted by Gasteiger charge is -2.38. The van der Waals surface area contributed by atoms with E-state index < -0.39 is 0 Å². The van der Waals surface area contributed by atoms with Crippen molar-refractivity contribution in [3.05, 3.63) is 23.0 Å². The number of nitrogens with zero attached hydrogens (tertiary/aromatic N) is 1. The van der Waals surface area contributed by atoms with Crippen LogP contribution in [-0.2, 0) is 9.53 Å². The third kappa shape index (κ3) is 7.23. The first-order valence-electron chi connectivity index (χ1n) is 10.7. The molecule has 156 valence electrons. The summed E-state index contributed by atoms with van der Waals surface area (Å²) in [5, 5.41) is 0. The van der Waals surface area contributed by atoms with Crippen molar-refractivity contribution in [3.63, 3.8) is 0 Å². The molecule has 0 aliphatic heterocycles. The van der Waals surface area contributed by atoms with Gasteiger partial charge >= 0.3 is 5.97 Å². The lowest BCUT2D eigenvalue weighted by atomic mass is 9.76. The Kier molecular flexibility index (Phi) is 9.41. The molecular formula is C23H42N2O2. The molecule has 0 fully saturated rings. The second-order valence-electron chi connectivity index (χ2n) is 8.98. The van der Waals surface area contributed by atoms with Gasteiger partial charge in [-0.05, 0) is 55.6 Å². The van der Waals surface area contributed by atoms with Crippen LogP contribution in [0.3, 0.4) is 0 Å². The predicted molar refractivity (Wildman–Crippen MR) is 114 cm³/mol. The topological polar surface area (TPSA) is 55.6 Å². The molecular weight excluding hydrogens is 336 g/mol. The molecule has 0 aromatic rings. The van der Waals surface area contributed by atoms with Crippen LogP contribution in [0.25, 0.3) is 0 Å². The molecule has 0 saturated heterocycles. The maximum atomic E-state index is 12.6. The van der Waals surface area contributed by atoms with Gasteiger partial charge in [0.1, 0.15) is 5.70 Å². The Bertz CT molecular complexity index is 549. The van der Waals surface area contributed by atoms with Crippen LogP contribution in [0.1, 0.15) is 86.5 Å². The molecule has 0 radical (unpaired) electrons. The molecule has 2 N–H and O–H groups in total. The summed E-state index contributed by atoms with van der Waals surface area (Å²) in [6.07, 6.45) is 9.47. The summed E-state index contributed by atoms with van der Waals surface area (Å²) in [5.74, 6) is 0.0663. The van der Waals surface area contributed by atoms with Crippen molar-refractivity contribution in [3.8, 4) is 0 Å². The molecule has 4 nitrogen and oxygen atoms in total. The fraction of sp³-hybridized carbons (Fsp3) is 0.783. The fourth-order valence-corrected chi connectivity index (χ4v) is 3.63. The second-order valence-corrected chi connectivity index (χ2v) is 8.98. The minimum atomic E-state index is -0.362. The number of allylic oxidation sites excluding steroid dienone is 3. The number of unbranched alkanes of at least 4 members (excludes halogenated alkanes) is 1. The Morgan fingerprint density at radius 1 is 1.26 bits per heavy atom. The summed E-state index contributed by atoms with van der Waals surface area (Å²) in [5.41, 5.74) is 8.79. The summed E-state index contributed by atoms with van der Waals surface area (Å²) in [6, 6.07) is 0.462. The molecule has 0 aromatic heterocycles. The van der Waals surface area contributed by atoms with Gasteiger partial charge in [-0.1, -0.05) is 53.9 Å². The highest BCUT2D eigenvalue weighted by molar-refractivity contribution is 5.89. The summed E-state index contributed by atoms with van der Waals surface area (Å²) in [4.78, 5) is 14.9. The Morgan fingerprint density at radius 3 is 2.48 bits per heavy atom. The van der Waals surface area contributed by atoms with Crippen molar-refractivity contribution in [2.24, 2.45) is 17.1 Å². The molecule has 1 aliphatic carbocycles. The minimum Gasteiger partial charge on any atom is -0.461 e. The molecule has 2 unspecified atom stereocenters. The smallest absolute Gasteiger partial charge is 0.354 e. The van der Waals surface area contributed by atoms with E-state index >= 15 is 0 Å². The number of ether oxygens (including phenoxy) is 1. The van der Waals surface area contributed by atoms with E-state index in [4.69, 9.17) is 10.5 Å². The van der Waals surface area contributed by atoms with Crippen molar-refractivity contribution in [2.75, 3.05) is 13.7 Å². The van der Waals surface area contributed by atoms with Gasteiger partial charge in [0.15, 0.2) is 0 Å². The highest BCUT2D eigenvalue weighted by atomic mass is 16.5. The molecule has 0 bridgehead atoms. The van der Waals surface area contributed by atoms with E-state index in [1.807, 2.05) is 0 Å². The third-order valence-electron chi connectivity index (χ3n) is 5.93. The molecule has 0 heterocycles. The lowest BCUT2D eigenvalue weighted by Crippen LogP contribution is -2.33. The SMILES string of the molecule is CCCCC(CC)COC(=O)/C(N)=C1\C=C(N(C)C(C)CC)CC(C)(C)C1. The first kappa shape index (κ1) is 23.6. The molecule has 1 rings (SSSR count). The van der Waals surface area contributed by atoms with Gasteiger partial charge in [0.05, 0.1) is 6.61 Å². The van der Waals surface area contributed by atoms with Crippen LogP contribution in [0.5, 0.6) is 0 Å². The standard InChI is InChI=1S/C23H42N2O2/c1-8-11-12-18(10-3)16-27-22(26)21(24)19-13-20(15-23(5,6)14-19)25(7)17(4)9-2/h13,17-18H,8-12,14-16,24H2,1-7H3/b21-19-. The number of carbonyl (C=O) groups is 1. The van der Waals surface area contributed by atoms with Crippen LogP contribution in [-0.4, -0.2) is 30.6 Å². The predicted octanol–water partition coefficient (Wildman–Crippen LogP) is 5.39. The van der Waals surface area contributed by atoms with Crippen LogP contribution in [0.15, 0.2) is 23.0 Å². The van der Waals surface area contributed by atoms with E-state index in [0.29, 0.717) is 18.6 Å². The zero-order valence-corrected chi connectivity index (χ0v) is 18.7. The number of esters is 1. The van der Waals surface area contributed by atoms with Gasteiger partial charge in [-0.3, -0.25) is 0 Å². The van der Waals surface area contributed by atoms with Gasteiger partial charge in [-0.2, -0.15) is 0 Å². The zero-order valence-electron chi connectivity index (χ0n) is 18.7. The quantitative estimate of drug-likeness (QED) is 0.409. The van der Waals surface area contributed by atoms with Gasteiger partial charge in [-0.15, -0.1) is 0 Å². The maximum Gasteiger partial charge on any atom is 0.354 e. The van der Waals surface area contributed by atoms with E-state index in [9.17, 15) is 4.79 Å². The second kappa shape index (κ2) is 10.8. The van der Waals surface area contributed by atoms with Crippen molar-refractivity contribution in [1.82, 2.24) is 4.90 Å². The Labute approximate surface area is 167 Å². The fourth-order valence-electron chi connectivity index (χ4n) is 3.63. The van der Waals surface area contributed by atoms with E-state index in [0.717, 1.165) is 37.7 Å². The highest BCUT2D eigenvalue weighted by Crippen LogP contribution is 2.40. The number of nitrogens with two attached hydrogens (primary N) is 1. The van der Waals surface area contributed by atoms with E-state index in [-0.39, 0.29) is 17.1 Å². The van der Waals surface area contributed by atoms with Gasteiger partial charge in [0, 0.05) is 18.8 Å². The van der Waals surface area contributed by atoms with E-state index in [1.54, 1.807) is 0 Å². The molecule has 2 atom stereocenters. The summed E-state index contributed by atoms with van der Waals surface area (Å²) >= 11 is 0. The average Bonchev–Trinajstić information content (AvgIpc) is 2.64. The summed E-state index contributed by atoms with van der Waals surface area (Å²) in [7, 11) is 2.13.